The molecule has 18 rings (SSSR count). The molecular formula is C93H76B2N4. The minimum atomic E-state index is -0.177. The summed E-state index contributed by atoms with van der Waals surface area (Å²) in [6.45, 7) is 14.2. The topological polar surface area (TPSA) is 13.0 Å². The summed E-state index contributed by atoms with van der Waals surface area (Å²) < 4.78 is 0. The second-order valence-corrected chi connectivity index (χ2v) is 29.5. The number of hydrogen-bond donors (Lipinski definition) is 0. The van der Waals surface area contributed by atoms with E-state index < -0.39 is 0 Å². The zero-order valence-corrected chi connectivity index (χ0v) is 57.0. The van der Waals surface area contributed by atoms with Gasteiger partial charge in [0, 0.05) is 68.2 Å². The molecule has 13 aromatic carbocycles. The predicted octanol–water partition coefficient (Wildman–Crippen LogP) is 20.7. The first-order chi connectivity index (χ1) is 48.4. The van der Waals surface area contributed by atoms with Crippen molar-refractivity contribution >= 4 is 120 Å². The van der Waals surface area contributed by atoms with E-state index in [1.807, 2.05) is 0 Å². The standard InChI is InChI=1S/C93H76B2N4/c1-62-23-18-29-67(55-62)70-44-53-83-80(58-70)94-78-35-16-17-36-82(78)96(74-32-14-9-15-33-74)85-37-21-38-86(90(85)94)97(83)75-48-41-66(42-49-75)68-30-19-24-63(56-68)61-93(5,6)72-45-50-76(51-46-72)98-84-54-47-73(92(2,3)4)60-81(84)95-79-52-43-71(65-27-12-8-13-28-65)59-89(79)99(88-40-22-39-87(98)91(88)95)77-34-20-31-69(57-77)64-25-10-7-11-26-64/h7-22,24-60,62H,23,61H2,1-6H3. The molecule has 0 radical (unpaired) electrons. The van der Waals surface area contributed by atoms with E-state index >= 15 is 0 Å². The van der Waals surface area contributed by atoms with Crippen LogP contribution in [0.3, 0.4) is 0 Å². The SMILES string of the molecule is CC1C=C(c2ccc3c(c2)B2c4ccccc4N(c4ccccc4)c4cccc(c42)N3c2ccc(-c3cccc(CC(C)(C)c4ccc(N5c6ccc(C(C)(C)C)cc6B6c7ccc(-c8ccccc8)cc7N(c7cccc(-c8ccccc8)c7)c7cccc5c76)cc4)c3)cc2)C=CC1. The van der Waals surface area contributed by atoms with Crippen LogP contribution in [0, 0.1) is 5.92 Å². The number of allylic oxidation sites excluding steroid dienone is 4. The van der Waals surface area contributed by atoms with Crippen molar-refractivity contribution in [2.75, 3.05) is 19.6 Å². The largest absolute Gasteiger partial charge is 0.311 e. The van der Waals surface area contributed by atoms with Crippen molar-refractivity contribution in [2.45, 2.75) is 65.2 Å². The van der Waals surface area contributed by atoms with E-state index in [0.717, 1.165) is 35.6 Å². The second kappa shape index (κ2) is 23.7. The van der Waals surface area contributed by atoms with Gasteiger partial charge in [-0.3, -0.25) is 0 Å². The summed E-state index contributed by atoms with van der Waals surface area (Å²) in [5, 5.41) is 0. The van der Waals surface area contributed by atoms with E-state index in [9.17, 15) is 0 Å². The van der Waals surface area contributed by atoms with Gasteiger partial charge in [-0.1, -0.05) is 266 Å². The third kappa shape index (κ3) is 10.3. The fourth-order valence-corrected chi connectivity index (χ4v) is 16.8. The van der Waals surface area contributed by atoms with E-state index in [1.165, 1.54) is 139 Å². The highest BCUT2D eigenvalue weighted by Crippen LogP contribution is 2.49. The van der Waals surface area contributed by atoms with E-state index in [2.05, 4.69) is 383 Å². The average molecular weight is 1270 g/mol. The van der Waals surface area contributed by atoms with Crippen LogP contribution in [0.5, 0.6) is 0 Å². The highest BCUT2D eigenvalue weighted by Gasteiger charge is 2.46. The first kappa shape index (κ1) is 60.1. The number of rotatable bonds is 11. The summed E-state index contributed by atoms with van der Waals surface area (Å²) >= 11 is 0. The van der Waals surface area contributed by atoms with Crippen molar-refractivity contribution < 1.29 is 0 Å². The lowest BCUT2D eigenvalue weighted by molar-refractivity contribution is 0.522. The van der Waals surface area contributed by atoms with Gasteiger partial charge in [0.25, 0.3) is 13.4 Å². The molecule has 0 saturated carbocycles. The molecule has 0 aromatic heterocycles. The molecule has 0 amide bonds. The van der Waals surface area contributed by atoms with Crippen molar-refractivity contribution in [3.8, 4) is 33.4 Å². The van der Waals surface area contributed by atoms with Gasteiger partial charge in [0.05, 0.1) is 0 Å². The van der Waals surface area contributed by atoms with Crippen LogP contribution in [0.25, 0.3) is 39.0 Å². The molecule has 4 nitrogen and oxygen atoms in total. The van der Waals surface area contributed by atoms with Crippen LogP contribution in [-0.2, 0) is 17.3 Å². The summed E-state index contributed by atoms with van der Waals surface area (Å²) in [7, 11) is 0. The second-order valence-electron chi connectivity index (χ2n) is 29.5. The molecule has 13 aromatic rings. The Morgan fingerprint density at radius 1 is 0.323 bits per heavy atom. The Balaban J connectivity index is 0.676. The minimum absolute atomic E-state index is 0.00142. The molecule has 5 aliphatic rings. The first-order valence-corrected chi connectivity index (χ1v) is 35.3. The summed E-state index contributed by atoms with van der Waals surface area (Å²) in [5.74, 6) is 0.498. The third-order valence-corrected chi connectivity index (χ3v) is 21.6. The molecule has 0 spiro atoms. The third-order valence-electron chi connectivity index (χ3n) is 21.6. The number of benzene rings is 13. The van der Waals surface area contributed by atoms with E-state index in [0.29, 0.717) is 5.92 Å². The van der Waals surface area contributed by atoms with Gasteiger partial charge in [0.1, 0.15) is 0 Å². The zero-order valence-electron chi connectivity index (χ0n) is 57.0. The Bertz CT molecular complexity index is 5380. The Morgan fingerprint density at radius 2 is 0.758 bits per heavy atom. The smallest absolute Gasteiger partial charge is 0.252 e. The lowest BCUT2D eigenvalue weighted by atomic mass is 9.33. The van der Waals surface area contributed by atoms with Crippen LogP contribution in [0.15, 0.2) is 322 Å². The quantitative estimate of drug-likeness (QED) is 0.120. The molecule has 0 N–H and O–H groups in total. The van der Waals surface area contributed by atoms with Gasteiger partial charge >= 0.3 is 0 Å². The molecule has 0 bridgehead atoms. The molecule has 1 unspecified atom stereocenters. The Kier molecular flexibility index (Phi) is 14.4. The molecule has 4 heterocycles. The fraction of sp³-hybridized carbons (Fsp3) is 0.118. The molecular weight excluding hydrogens is 1190 g/mol. The van der Waals surface area contributed by atoms with Crippen molar-refractivity contribution in [3.63, 3.8) is 0 Å². The Hall–Kier alpha value is -11.3. The van der Waals surface area contributed by atoms with Gasteiger partial charge in [0.15, 0.2) is 0 Å². The van der Waals surface area contributed by atoms with Crippen molar-refractivity contribution in [3.05, 3.63) is 344 Å². The zero-order chi connectivity index (χ0) is 66.7. The van der Waals surface area contributed by atoms with Gasteiger partial charge in [-0.2, -0.15) is 0 Å². The van der Waals surface area contributed by atoms with E-state index in [-0.39, 0.29) is 24.3 Å². The lowest BCUT2D eigenvalue weighted by Crippen LogP contribution is -2.61. The van der Waals surface area contributed by atoms with Gasteiger partial charge < -0.3 is 19.6 Å². The van der Waals surface area contributed by atoms with Crippen molar-refractivity contribution in [2.24, 2.45) is 5.92 Å². The number of hydrogen-bond acceptors (Lipinski definition) is 4. The van der Waals surface area contributed by atoms with E-state index in [4.69, 9.17) is 0 Å². The van der Waals surface area contributed by atoms with Crippen LogP contribution in [0.2, 0.25) is 0 Å². The van der Waals surface area contributed by atoms with Crippen LogP contribution in [0.1, 0.15) is 70.2 Å². The minimum Gasteiger partial charge on any atom is -0.311 e. The molecule has 0 saturated heterocycles. The maximum absolute atomic E-state index is 2.54. The highest BCUT2D eigenvalue weighted by atomic mass is 15.2. The van der Waals surface area contributed by atoms with Gasteiger partial charge in [-0.25, -0.2) is 0 Å². The Morgan fingerprint density at radius 3 is 1.38 bits per heavy atom. The number of nitrogens with zero attached hydrogens (tertiary/aromatic N) is 4. The van der Waals surface area contributed by atoms with Crippen LogP contribution in [-0.4, -0.2) is 13.4 Å². The van der Waals surface area contributed by atoms with Crippen LogP contribution in [0.4, 0.5) is 68.2 Å². The van der Waals surface area contributed by atoms with E-state index in [1.54, 1.807) is 0 Å². The van der Waals surface area contributed by atoms with Crippen LogP contribution >= 0.6 is 0 Å². The molecule has 99 heavy (non-hydrogen) atoms. The molecule has 4 aliphatic heterocycles. The molecule has 1 aliphatic carbocycles. The number of anilines is 12. The van der Waals surface area contributed by atoms with Gasteiger partial charge in [-0.15, -0.1) is 0 Å². The summed E-state index contributed by atoms with van der Waals surface area (Å²) in [4.78, 5) is 10.1. The van der Waals surface area contributed by atoms with Crippen molar-refractivity contribution in [1.82, 2.24) is 0 Å². The molecule has 6 heteroatoms. The number of fused-ring (bicyclic) bond motifs is 8. The summed E-state index contributed by atoms with van der Waals surface area (Å²) in [6, 6.07) is 114. The molecule has 1 atom stereocenters. The first-order valence-electron chi connectivity index (χ1n) is 35.3. The number of para-hydroxylation sites is 2. The lowest BCUT2D eigenvalue weighted by Gasteiger charge is -2.44. The normalized spacial score (nSPS) is 14.8. The maximum Gasteiger partial charge on any atom is 0.252 e. The monoisotopic (exact) mass is 1270 g/mol. The fourth-order valence-electron chi connectivity index (χ4n) is 16.8. The molecule has 0 fully saturated rings. The predicted molar refractivity (Wildman–Crippen MR) is 424 cm³/mol. The molecule has 474 valence electrons. The van der Waals surface area contributed by atoms with Crippen LogP contribution < -0.4 is 52.4 Å². The highest BCUT2D eigenvalue weighted by molar-refractivity contribution is 7.01. The average Bonchev–Trinajstić information content (AvgIpc) is 0.706. The van der Waals surface area contributed by atoms with Crippen molar-refractivity contribution in [1.29, 1.82) is 0 Å². The van der Waals surface area contributed by atoms with Gasteiger partial charge in [0.2, 0.25) is 0 Å². The summed E-state index contributed by atoms with van der Waals surface area (Å²) in [5.41, 5.74) is 35.7. The summed E-state index contributed by atoms with van der Waals surface area (Å²) in [6.07, 6.45) is 9.05. The maximum atomic E-state index is 2.54. The van der Waals surface area contributed by atoms with Gasteiger partial charge in [-0.05, 0) is 221 Å². The Labute approximate surface area is 584 Å².